The van der Waals surface area contributed by atoms with E-state index in [9.17, 15) is 13.6 Å². The first-order valence-electron chi connectivity index (χ1n) is 8.30. The number of hydrogen-bond donors (Lipinski definition) is 0. The lowest BCUT2D eigenvalue weighted by Gasteiger charge is -2.21. The molecule has 2 aromatic carbocycles. The number of carbonyl (C=O) groups excluding carboxylic acids is 1. The van der Waals surface area contributed by atoms with E-state index in [1.807, 2.05) is 31.2 Å². The van der Waals surface area contributed by atoms with Crippen LogP contribution < -0.4 is 4.74 Å². The van der Waals surface area contributed by atoms with Crippen LogP contribution in [0.3, 0.4) is 0 Å². The molecule has 3 aromatic rings. The molecule has 1 amide bonds. The molecule has 27 heavy (non-hydrogen) atoms. The summed E-state index contributed by atoms with van der Waals surface area (Å²) in [6, 6.07) is 13.9. The van der Waals surface area contributed by atoms with Crippen LogP contribution in [0.5, 0.6) is 5.75 Å². The minimum Gasteiger partial charge on any atom is -0.434 e. The lowest BCUT2D eigenvalue weighted by Crippen LogP contribution is -2.27. The largest absolute Gasteiger partial charge is 0.434 e. The Morgan fingerprint density at radius 1 is 1.19 bits per heavy atom. The van der Waals surface area contributed by atoms with E-state index >= 15 is 0 Å². The van der Waals surface area contributed by atoms with E-state index in [1.54, 1.807) is 41.5 Å². The Labute approximate surface area is 159 Å². The quantitative estimate of drug-likeness (QED) is 0.550. The van der Waals surface area contributed by atoms with Gasteiger partial charge in [-0.25, -0.2) is 4.98 Å². The fourth-order valence-electron chi connectivity index (χ4n) is 2.53. The average Bonchev–Trinajstić information content (AvgIpc) is 3.09. The van der Waals surface area contributed by atoms with E-state index in [2.05, 4.69) is 9.72 Å². The second-order valence-corrected chi connectivity index (χ2v) is 6.96. The van der Waals surface area contributed by atoms with Gasteiger partial charge in [0.1, 0.15) is 10.8 Å². The number of carbonyl (C=O) groups is 1. The van der Waals surface area contributed by atoms with Crippen molar-refractivity contribution < 1.29 is 18.3 Å². The van der Waals surface area contributed by atoms with Crippen molar-refractivity contribution in [3.05, 3.63) is 65.2 Å². The highest BCUT2D eigenvalue weighted by Gasteiger charge is 2.19. The second-order valence-electron chi connectivity index (χ2n) is 5.89. The van der Waals surface area contributed by atoms with Crippen molar-refractivity contribution in [2.45, 2.75) is 19.6 Å². The van der Waals surface area contributed by atoms with Crippen LogP contribution >= 0.6 is 11.3 Å². The number of amides is 1. The van der Waals surface area contributed by atoms with Gasteiger partial charge in [-0.05, 0) is 31.2 Å². The summed E-state index contributed by atoms with van der Waals surface area (Å²) in [7, 11) is 1.69. The zero-order valence-corrected chi connectivity index (χ0v) is 15.6. The molecule has 0 aliphatic rings. The van der Waals surface area contributed by atoms with E-state index in [-0.39, 0.29) is 17.7 Å². The normalized spacial score (nSPS) is 12.6. The van der Waals surface area contributed by atoms with Crippen LogP contribution in [0.15, 0.2) is 54.6 Å². The number of thiazole rings is 1. The predicted octanol–water partition coefficient (Wildman–Crippen LogP) is 5.13. The van der Waals surface area contributed by atoms with Gasteiger partial charge in [0.05, 0.1) is 16.3 Å². The highest BCUT2D eigenvalue weighted by atomic mass is 32.1. The van der Waals surface area contributed by atoms with Gasteiger partial charge in [0.25, 0.3) is 0 Å². The number of halogens is 2. The third-order valence-corrected chi connectivity index (χ3v) is 5.34. The lowest BCUT2D eigenvalue weighted by molar-refractivity contribution is -0.126. The minimum absolute atomic E-state index is 0.0263. The number of alkyl halides is 2. The molecule has 0 saturated heterocycles. The van der Waals surface area contributed by atoms with Crippen molar-refractivity contribution in [1.29, 1.82) is 0 Å². The summed E-state index contributed by atoms with van der Waals surface area (Å²) in [5.74, 6) is -0.230. The Hall–Kier alpha value is -2.80. The molecule has 3 rings (SSSR count). The Morgan fingerprint density at radius 2 is 1.89 bits per heavy atom. The topological polar surface area (TPSA) is 42.4 Å². The molecule has 7 heteroatoms. The molecule has 1 aromatic heterocycles. The molecule has 0 aliphatic heterocycles. The zero-order valence-electron chi connectivity index (χ0n) is 14.8. The molecule has 4 nitrogen and oxygen atoms in total. The van der Waals surface area contributed by atoms with Crippen LogP contribution in [0.1, 0.15) is 23.5 Å². The number of ether oxygens (including phenoxy) is 1. The maximum atomic E-state index is 12.5. The van der Waals surface area contributed by atoms with Gasteiger partial charge in [-0.3, -0.25) is 4.79 Å². The monoisotopic (exact) mass is 388 g/mol. The Morgan fingerprint density at radius 3 is 2.63 bits per heavy atom. The van der Waals surface area contributed by atoms with Crippen molar-refractivity contribution in [2.75, 3.05) is 7.05 Å². The molecule has 140 valence electrons. The van der Waals surface area contributed by atoms with E-state index < -0.39 is 6.61 Å². The molecule has 0 spiro atoms. The maximum Gasteiger partial charge on any atom is 0.387 e. The van der Waals surface area contributed by atoms with Gasteiger partial charge in [0.15, 0.2) is 0 Å². The fraction of sp³-hybridized carbons (Fsp3) is 0.200. The highest BCUT2D eigenvalue weighted by molar-refractivity contribution is 7.18. The molecule has 1 atom stereocenters. The van der Waals surface area contributed by atoms with Gasteiger partial charge >= 0.3 is 6.61 Å². The van der Waals surface area contributed by atoms with Crippen molar-refractivity contribution in [1.82, 2.24) is 9.88 Å². The first-order valence-corrected chi connectivity index (χ1v) is 9.11. The highest BCUT2D eigenvalue weighted by Crippen LogP contribution is 2.29. The first kappa shape index (κ1) is 19.0. The number of hydrogen-bond acceptors (Lipinski definition) is 4. The Kier molecular flexibility index (Phi) is 5.81. The molecule has 0 unspecified atom stereocenters. The maximum absolute atomic E-state index is 12.5. The van der Waals surface area contributed by atoms with Crippen LogP contribution in [0, 0.1) is 0 Å². The van der Waals surface area contributed by atoms with Gasteiger partial charge in [-0.1, -0.05) is 30.3 Å². The van der Waals surface area contributed by atoms with Crippen molar-refractivity contribution >= 4 is 33.5 Å². The summed E-state index contributed by atoms with van der Waals surface area (Å²) in [6.45, 7) is -1.02. The van der Waals surface area contributed by atoms with Crippen LogP contribution in [0.2, 0.25) is 0 Å². The van der Waals surface area contributed by atoms with E-state index in [4.69, 9.17) is 0 Å². The molecular weight excluding hydrogens is 370 g/mol. The van der Waals surface area contributed by atoms with Crippen LogP contribution in [-0.4, -0.2) is 29.5 Å². The summed E-state index contributed by atoms with van der Waals surface area (Å²) in [5, 5.41) is 0.835. The molecule has 0 fully saturated rings. The third-order valence-electron chi connectivity index (χ3n) is 4.14. The summed E-state index contributed by atoms with van der Waals surface area (Å²) in [4.78, 5) is 18.6. The first-order chi connectivity index (χ1) is 13.0. The predicted molar refractivity (Wildman–Crippen MR) is 103 cm³/mol. The Balaban J connectivity index is 1.74. The SMILES string of the molecule is C[C@H](c1nc2ccccc2s1)N(C)C(=O)/C=C\c1ccccc1OC(F)F. The number of aromatic nitrogens is 1. The van der Waals surface area contributed by atoms with E-state index in [1.165, 1.54) is 18.2 Å². The molecule has 0 saturated carbocycles. The molecule has 0 bridgehead atoms. The summed E-state index contributed by atoms with van der Waals surface area (Å²) in [5.41, 5.74) is 1.31. The average molecular weight is 388 g/mol. The molecular formula is C20H18F2N2O2S. The van der Waals surface area contributed by atoms with Gasteiger partial charge < -0.3 is 9.64 Å². The van der Waals surface area contributed by atoms with Crippen LogP contribution in [0.25, 0.3) is 16.3 Å². The van der Waals surface area contributed by atoms with E-state index in [0.29, 0.717) is 5.56 Å². The number of para-hydroxylation sites is 2. The Bertz CT molecular complexity index is 938. The van der Waals surface area contributed by atoms with Crippen LogP contribution in [0.4, 0.5) is 8.78 Å². The van der Waals surface area contributed by atoms with Gasteiger partial charge in [-0.15, -0.1) is 11.3 Å². The smallest absolute Gasteiger partial charge is 0.387 e. The van der Waals surface area contributed by atoms with Gasteiger partial charge in [-0.2, -0.15) is 8.78 Å². The standard InChI is InChI=1S/C20H18F2N2O2S/c1-13(19-23-15-8-4-6-10-17(15)27-19)24(2)18(25)12-11-14-7-3-5-9-16(14)26-20(21)22/h3-13,20H,1-2H3/b12-11-/t13-/m1/s1. The van der Waals surface area contributed by atoms with Gasteiger partial charge in [0, 0.05) is 18.7 Å². The van der Waals surface area contributed by atoms with Crippen molar-refractivity contribution in [2.24, 2.45) is 0 Å². The molecule has 0 radical (unpaired) electrons. The summed E-state index contributed by atoms with van der Waals surface area (Å²) < 4.78 is 30.5. The zero-order chi connectivity index (χ0) is 19.4. The lowest BCUT2D eigenvalue weighted by atomic mass is 10.2. The van der Waals surface area contributed by atoms with Crippen molar-refractivity contribution in [3.8, 4) is 5.75 Å². The van der Waals surface area contributed by atoms with E-state index in [0.717, 1.165) is 15.2 Å². The molecule has 0 N–H and O–H groups in total. The summed E-state index contributed by atoms with van der Waals surface area (Å²) in [6.07, 6.45) is 2.82. The van der Waals surface area contributed by atoms with Crippen LogP contribution in [-0.2, 0) is 4.79 Å². The fourth-order valence-corrected chi connectivity index (χ4v) is 3.59. The van der Waals surface area contributed by atoms with Crippen molar-refractivity contribution in [3.63, 3.8) is 0 Å². The second kappa shape index (κ2) is 8.26. The number of fused-ring (bicyclic) bond motifs is 1. The number of rotatable bonds is 6. The minimum atomic E-state index is -2.92. The molecule has 1 heterocycles. The summed E-state index contributed by atoms with van der Waals surface area (Å²) >= 11 is 1.54. The number of nitrogens with zero attached hydrogens (tertiary/aromatic N) is 2. The third kappa shape index (κ3) is 4.49. The van der Waals surface area contributed by atoms with Gasteiger partial charge in [0.2, 0.25) is 5.91 Å². The molecule has 0 aliphatic carbocycles. The number of likely N-dealkylation sites (N-methyl/N-ethyl adjacent to an activating group) is 1. The number of benzene rings is 2.